The van der Waals surface area contributed by atoms with E-state index in [1.54, 1.807) is 18.3 Å². The lowest BCUT2D eigenvalue weighted by Gasteiger charge is -2.30. The third-order valence-corrected chi connectivity index (χ3v) is 8.03. The number of halogens is 3. The van der Waals surface area contributed by atoms with E-state index in [0.29, 0.717) is 30.6 Å². The lowest BCUT2D eigenvalue weighted by atomic mass is 9.91. The van der Waals surface area contributed by atoms with Gasteiger partial charge in [-0.15, -0.1) is 11.3 Å². The lowest BCUT2D eigenvalue weighted by molar-refractivity contribution is 0.0926. The van der Waals surface area contributed by atoms with E-state index < -0.39 is 34.7 Å². The van der Waals surface area contributed by atoms with Gasteiger partial charge < -0.3 is 5.32 Å². The van der Waals surface area contributed by atoms with Gasteiger partial charge in [-0.2, -0.15) is 0 Å². The van der Waals surface area contributed by atoms with Crippen LogP contribution in [0.15, 0.2) is 64.4 Å². The van der Waals surface area contributed by atoms with Gasteiger partial charge in [0.2, 0.25) is 0 Å². The highest BCUT2D eigenvalue weighted by atomic mass is 32.1. The molecule has 0 radical (unpaired) electrons. The Kier molecular flexibility index (Phi) is 6.26. The summed E-state index contributed by atoms with van der Waals surface area (Å²) in [6.45, 7) is 0. The normalized spacial score (nSPS) is 17.5. The van der Waals surface area contributed by atoms with E-state index >= 15 is 0 Å². The summed E-state index contributed by atoms with van der Waals surface area (Å²) in [7, 11) is 0. The number of nitrogens with one attached hydrogen (secondary N) is 1. The van der Waals surface area contributed by atoms with Gasteiger partial charge in [0.05, 0.1) is 22.1 Å². The molecule has 8 nitrogen and oxygen atoms in total. The second-order valence-corrected chi connectivity index (χ2v) is 10.4. The number of pyridine rings is 2. The highest BCUT2D eigenvalue weighted by Crippen LogP contribution is 2.29. The van der Waals surface area contributed by atoms with Crippen LogP contribution in [-0.2, 0) is 0 Å². The Hall–Kier alpha value is -4.32. The van der Waals surface area contributed by atoms with E-state index in [-0.39, 0.29) is 28.7 Å². The van der Waals surface area contributed by atoms with Crippen LogP contribution in [-0.4, -0.2) is 31.1 Å². The Bertz CT molecular complexity index is 1840. The first-order valence-corrected chi connectivity index (χ1v) is 13.1. The fourth-order valence-corrected chi connectivity index (χ4v) is 5.99. The number of nitrogens with zero attached hydrogens (tertiary/aromatic N) is 4. The number of hydrogen-bond donors (Lipinski definition) is 1. The quantitative estimate of drug-likeness (QED) is 0.355. The molecule has 6 rings (SSSR count). The van der Waals surface area contributed by atoms with E-state index in [1.807, 2.05) is 6.07 Å². The summed E-state index contributed by atoms with van der Waals surface area (Å²) in [5, 5.41) is 3.74. The molecule has 39 heavy (non-hydrogen) atoms. The summed E-state index contributed by atoms with van der Waals surface area (Å²) in [6.07, 6.45) is 4.29. The summed E-state index contributed by atoms with van der Waals surface area (Å²) in [5.74, 6) is -3.27. The van der Waals surface area contributed by atoms with Crippen LogP contribution >= 0.6 is 11.3 Å². The Morgan fingerprint density at radius 3 is 2.51 bits per heavy atom. The maximum Gasteiger partial charge on any atom is 0.337 e. The first kappa shape index (κ1) is 25.0. The molecule has 198 valence electrons. The van der Waals surface area contributed by atoms with Gasteiger partial charge in [-0.1, -0.05) is 6.07 Å². The molecule has 0 bridgehead atoms. The van der Waals surface area contributed by atoms with Crippen molar-refractivity contribution < 1.29 is 18.0 Å². The predicted octanol–water partition coefficient (Wildman–Crippen LogP) is 4.49. The first-order valence-electron chi connectivity index (χ1n) is 12.2. The Morgan fingerprint density at radius 1 is 0.974 bits per heavy atom. The minimum atomic E-state index is -1.18. The fraction of sp³-hybridized carbons (Fsp3) is 0.222. The number of benzene rings is 1. The van der Waals surface area contributed by atoms with Crippen molar-refractivity contribution in [3.63, 3.8) is 0 Å². The molecule has 1 aliphatic carbocycles. The van der Waals surface area contributed by atoms with Crippen LogP contribution in [0.4, 0.5) is 13.2 Å². The van der Waals surface area contributed by atoms with Crippen molar-refractivity contribution >= 4 is 38.5 Å². The monoisotopic (exact) mass is 551 g/mol. The van der Waals surface area contributed by atoms with Crippen molar-refractivity contribution in [2.45, 2.75) is 37.8 Å². The van der Waals surface area contributed by atoms with Crippen LogP contribution < -0.4 is 16.6 Å². The van der Waals surface area contributed by atoms with E-state index in [0.717, 1.165) is 43.7 Å². The third kappa shape index (κ3) is 4.50. The average Bonchev–Trinajstić information content (AvgIpc) is 3.37. The number of carbonyl (C=O) groups excluding carboxylic acids is 1. The number of carbonyl (C=O) groups is 1. The highest BCUT2D eigenvalue weighted by molar-refractivity contribution is 7.20. The molecular formula is C27H20F3N5O3S. The zero-order valence-corrected chi connectivity index (χ0v) is 21.1. The summed E-state index contributed by atoms with van der Waals surface area (Å²) in [4.78, 5) is 49.3. The minimum absolute atomic E-state index is 0.0458. The standard InChI is InChI=1S/C27H20F3N5O3S/c28-15-11-19-23(32-13-15)34(18-7-8-20(29)21(30)12-18)27(38)35(26(19)37)17-5-3-16(4-6-17)33-24(36)22-10-14-2-1-9-31-25(14)39-22/h1-2,7-13,16-17H,3-6H2,(H,33,36). The van der Waals surface area contributed by atoms with E-state index in [2.05, 4.69) is 15.3 Å². The maximum absolute atomic E-state index is 14.1. The summed E-state index contributed by atoms with van der Waals surface area (Å²) in [5.41, 5.74) is -1.71. The van der Waals surface area contributed by atoms with Crippen LogP contribution in [0.1, 0.15) is 41.4 Å². The SMILES string of the molecule is O=C(NC1CCC(n2c(=O)c3cc(F)cnc3n(-c3ccc(F)c(F)c3)c2=O)CC1)c1cc2cccnc2s1. The van der Waals surface area contributed by atoms with Crippen LogP contribution in [0.25, 0.3) is 26.9 Å². The molecule has 4 heterocycles. The van der Waals surface area contributed by atoms with E-state index in [9.17, 15) is 27.6 Å². The van der Waals surface area contributed by atoms with Gasteiger partial charge in [0, 0.05) is 29.7 Å². The molecular weight excluding hydrogens is 531 g/mol. The highest BCUT2D eigenvalue weighted by Gasteiger charge is 2.28. The summed E-state index contributed by atoms with van der Waals surface area (Å²) < 4.78 is 43.7. The number of amides is 1. The molecule has 1 fully saturated rings. The van der Waals surface area contributed by atoms with E-state index in [1.165, 1.54) is 17.4 Å². The van der Waals surface area contributed by atoms with Gasteiger partial charge in [0.1, 0.15) is 10.6 Å². The number of hydrogen-bond acceptors (Lipinski definition) is 6. The first-order chi connectivity index (χ1) is 18.8. The molecule has 1 aromatic carbocycles. The molecule has 5 aromatic rings. The number of rotatable bonds is 4. The third-order valence-electron chi connectivity index (χ3n) is 6.97. The number of thiophene rings is 1. The molecule has 4 aromatic heterocycles. The molecule has 1 amide bonds. The molecule has 0 saturated heterocycles. The Labute approximate surface area is 222 Å². The van der Waals surface area contributed by atoms with Gasteiger partial charge in [0.25, 0.3) is 11.5 Å². The van der Waals surface area contributed by atoms with Crippen molar-refractivity contribution in [1.82, 2.24) is 24.4 Å². The average molecular weight is 552 g/mol. The van der Waals surface area contributed by atoms with Gasteiger partial charge in [-0.25, -0.2) is 32.5 Å². The fourth-order valence-electron chi connectivity index (χ4n) is 5.08. The van der Waals surface area contributed by atoms with Crippen LogP contribution in [0.3, 0.4) is 0 Å². The predicted molar refractivity (Wildman–Crippen MR) is 140 cm³/mol. The minimum Gasteiger partial charge on any atom is -0.349 e. The second-order valence-electron chi connectivity index (χ2n) is 9.40. The van der Waals surface area contributed by atoms with Gasteiger partial charge >= 0.3 is 5.69 Å². The molecule has 1 saturated carbocycles. The Morgan fingerprint density at radius 2 is 1.77 bits per heavy atom. The lowest BCUT2D eigenvalue weighted by Crippen LogP contribution is -2.45. The molecule has 12 heteroatoms. The van der Waals surface area contributed by atoms with Gasteiger partial charge in [0.15, 0.2) is 17.3 Å². The zero-order valence-electron chi connectivity index (χ0n) is 20.2. The summed E-state index contributed by atoms with van der Waals surface area (Å²) >= 11 is 1.30. The van der Waals surface area contributed by atoms with Crippen molar-refractivity contribution in [2.24, 2.45) is 0 Å². The molecule has 0 unspecified atom stereocenters. The van der Waals surface area contributed by atoms with Crippen molar-refractivity contribution in [1.29, 1.82) is 0 Å². The van der Waals surface area contributed by atoms with Crippen molar-refractivity contribution in [2.75, 3.05) is 0 Å². The maximum atomic E-state index is 14.1. The molecule has 1 aliphatic rings. The zero-order chi connectivity index (χ0) is 27.3. The second kappa shape index (κ2) is 9.77. The molecule has 0 atom stereocenters. The topological polar surface area (TPSA) is 98.9 Å². The molecule has 0 aliphatic heterocycles. The van der Waals surface area contributed by atoms with E-state index in [4.69, 9.17) is 0 Å². The number of aromatic nitrogens is 4. The van der Waals surface area contributed by atoms with Gasteiger partial charge in [-0.05, 0) is 56.0 Å². The Balaban J connectivity index is 1.30. The van der Waals surface area contributed by atoms with Crippen molar-refractivity contribution in [3.8, 4) is 5.69 Å². The molecule has 0 spiro atoms. The van der Waals surface area contributed by atoms with Crippen LogP contribution in [0.2, 0.25) is 0 Å². The van der Waals surface area contributed by atoms with Crippen LogP contribution in [0.5, 0.6) is 0 Å². The molecule has 1 N–H and O–H groups in total. The smallest absolute Gasteiger partial charge is 0.337 e. The summed E-state index contributed by atoms with van der Waals surface area (Å²) in [6, 6.07) is 8.61. The largest absolute Gasteiger partial charge is 0.349 e. The van der Waals surface area contributed by atoms with Crippen molar-refractivity contribution in [3.05, 3.63) is 98.0 Å². The number of fused-ring (bicyclic) bond motifs is 2. The van der Waals surface area contributed by atoms with Crippen LogP contribution in [0, 0.1) is 17.5 Å². The van der Waals surface area contributed by atoms with Gasteiger partial charge in [-0.3, -0.25) is 14.2 Å².